The van der Waals surface area contributed by atoms with Gasteiger partial charge in [-0.3, -0.25) is 9.59 Å². The number of hydrogen-bond donors (Lipinski definition) is 2. The Labute approximate surface area is 165 Å². The van der Waals surface area contributed by atoms with E-state index in [0.29, 0.717) is 6.54 Å². The van der Waals surface area contributed by atoms with Crippen LogP contribution in [0.3, 0.4) is 0 Å². The maximum absolute atomic E-state index is 13.1. The van der Waals surface area contributed by atoms with Crippen molar-refractivity contribution >= 4 is 17.5 Å². The molecule has 0 saturated heterocycles. The van der Waals surface area contributed by atoms with Gasteiger partial charge in [0.15, 0.2) is 0 Å². The summed E-state index contributed by atoms with van der Waals surface area (Å²) in [5, 5.41) is 5.18. The van der Waals surface area contributed by atoms with Gasteiger partial charge >= 0.3 is 6.18 Å². The lowest BCUT2D eigenvalue weighted by molar-refractivity contribution is -0.137. The largest absolute Gasteiger partial charge is 0.417 e. The van der Waals surface area contributed by atoms with Gasteiger partial charge in [-0.05, 0) is 35.9 Å². The summed E-state index contributed by atoms with van der Waals surface area (Å²) in [6.45, 7) is 0.329. The molecule has 2 amide bonds. The molecule has 3 aromatic rings. The quantitative estimate of drug-likeness (QED) is 0.643. The van der Waals surface area contributed by atoms with Crippen LogP contribution >= 0.6 is 0 Å². The number of anilines is 1. The normalized spacial score (nSPS) is 11.0. The minimum absolute atomic E-state index is 0.222. The van der Waals surface area contributed by atoms with Crippen molar-refractivity contribution in [2.24, 2.45) is 0 Å². The molecule has 0 bridgehead atoms. The van der Waals surface area contributed by atoms with E-state index in [4.69, 9.17) is 0 Å². The van der Waals surface area contributed by atoms with Crippen LogP contribution in [0.4, 0.5) is 18.9 Å². The minimum atomic E-state index is -4.65. The summed E-state index contributed by atoms with van der Waals surface area (Å²) in [7, 11) is 0. The molecule has 29 heavy (non-hydrogen) atoms. The highest BCUT2D eigenvalue weighted by atomic mass is 19.4. The maximum Gasteiger partial charge on any atom is 0.417 e. The topological polar surface area (TPSA) is 58.2 Å². The zero-order valence-electron chi connectivity index (χ0n) is 15.2. The molecule has 0 radical (unpaired) electrons. The molecule has 0 heterocycles. The van der Waals surface area contributed by atoms with Crippen LogP contribution in [0.5, 0.6) is 0 Å². The number of amides is 2. The highest BCUT2D eigenvalue weighted by Crippen LogP contribution is 2.32. The lowest BCUT2D eigenvalue weighted by atomic mass is 10.1. The van der Waals surface area contributed by atoms with Crippen molar-refractivity contribution in [3.63, 3.8) is 0 Å². The Balaban J connectivity index is 1.72. The van der Waals surface area contributed by atoms with E-state index in [-0.39, 0.29) is 17.2 Å². The predicted octanol–water partition coefficient (Wildman–Crippen LogP) is 4.89. The van der Waals surface area contributed by atoms with Gasteiger partial charge in [0.2, 0.25) is 0 Å². The van der Waals surface area contributed by atoms with Crippen LogP contribution in [0.25, 0.3) is 0 Å². The van der Waals surface area contributed by atoms with Gasteiger partial charge in [0.05, 0.1) is 11.1 Å². The number of rotatable bonds is 5. The standard InChI is InChI=1S/C22H17F3N2O2/c23-22(24,25)19-12-5-4-11-18(19)21(29)27-17-10-6-9-16(13-17)20(28)26-14-15-7-2-1-3-8-15/h1-13H,14H2,(H,26,28)(H,27,29). The van der Waals surface area contributed by atoms with Crippen molar-refractivity contribution in [1.82, 2.24) is 5.32 Å². The summed E-state index contributed by atoms with van der Waals surface area (Å²) in [4.78, 5) is 24.7. The average molecular weight is 398 g/mol. The van der Waals surface area contributed by atoms with Crippen molar-refractivity contribution in [1.29, 1.82) is 0 Å². The third-order valence-electron chi connectivity index (χ3n) is 4.16. The summed E-state index contributed by atoms with van der Waals surface area (Å²) in [6, 6.07) is 19.9. The molecule has 0 aromatic heterocycles. The summed E-state index contributed by atoms with van der Waals surface area (Å²) >= 11 is 0. The van der Waals surface area contributed by atoms with Gasteiger partial charge in [-0.2, -0.15) is 13.2 Å². The monoisotopic (exact) mass is 398 g/mol. The van der Waals surface area contributed by atoms with Crippen molar-refractivity contribution in [3.8, 4) is 0 Å². The first kappa shape index (κ1) is 20.1. The van der Waals surface area contributed by atoms with Crippen molar-refractivity contribution in [2.45, 2.75) is 12.7 Å². The molecule has 3 aromatic carbocycles. The van der Waals surface area contributed by atoms with E-state index in [9.17, 15) is 22.8 Å². The van der Waals surface area contributed by atoms with Crippen LogP contribution < -0.4 is 10.6 Å². The predicted molar refractivity (Wildman–Crippen MR) is 103 cm³/mol. The molecule has 0 unspecified atom stereocenters. The maximum atomic E-state index is 13.1. The number of alkyl halides is 3. The number of carbonyl (C=O) groups is 2. The van der Waals surface area contributed by atoms with Gasteiger partial charge in [0, 0.05) is 17.8 Å². The van der Waals surface area contributed by atoms with E-state index in [0.717, 1.165) is 17.7 Å². The van der Waals surface area contributed by atoms with Crippen LogP contribution in [-0.4, -0.2) is 11.8 Å². The lowest BCUT2D eigenvalue weighted by Crippen LogP contribution is -2.23. The van der Waals surface area contributed by atoms with Crippen molar-refractivity contribution in [2.75, 3.05) is 5.32 Å². The first-order valence-electron chi connectivity index (χ1n) is 8.74. The van der Waals surface area contributed by atoms with Gasteiger partial charge in [-0.25, -0.2) is 0 Å². The highest BCUT2D eigenvalue weighted by Gasteiger charge is 2.34. The molecular weight excluding hydrogens is 381 g/mol. The van der Waals surface area contributed by atoms with Crippen LogP contribution in [0.2, 0.25) is 0 Å². The SMILES string of the molecule is O=C(NCc1ccccc1)c1cccc(NC(=O)c2ccccc2C(F)(F)F)c1. The first-order valence-corrected chi connectivity index (χ1v) is 8.74. The number of benzene rings is 3. The summed E-state index contributed by atoms with van der Waals surface area (Å²) in [5.41, 5.74) is -0.0792. The molecule has 3 rings (SSSR count). The molecule has 4 nitrogen and oxygen atoms in total. The Hall–Kier alpha value is -3.61. The fourth-order valence-electron chi connectivity index (χ4n) is 2.75. The molecule has 0 spiro atoms. The van der Waals surface area contributed by atoms with E-state index < -0.39 is 23.2 Å². The van der Waals surface area contributed by atoms with E-state index in [2.05, 4.69) is 10.6 Å². The zero-order chi connectivity index (χ0) is 20.9. The van der Waals surface area contributed by atoms with Crippen LogP contribution in [0.1, 0.15) is 31.8 Å². The molecule has 0 saturated carbocycles. The molecule has 0 atom stereocenters. The van der Waals surface area contributed by atoms with E-state index in [1.54, 1.807) is 12.1 Å². The second-order valence-electron chi connectivity index (χ2n) is 6.25. The fourth-order valence-corrected chi connectivity index (χ4v) is 2.75. The van der Waals surface area contributed by atoms with E-state index in [1.165, 1.54) is 24.3 Å². The number of halogens is 3. The Morgan fingerprint density at radius 3 is 2.21 bits per heavy atom. The van der Waals surface area contributed by atoms with Gasteiger partial charge in [-0.1, -0.05) is 48.5 Å². The second kappa shape index (κ2) is 8.60. The number of carbonyl (C=O) groups excluding carboxylic acids is 2. The average Bonchev–Trinajstić information content (AvgIpc) is 2.72. The smallest absolute Gasteiger partial charge is 0.348 e. The van der Waals surface area contributed by atoms with Crippen molar-refractivity contribution in [3.05, 3.63) is 101 Å². The second-order valence-corrected chi connectivity index (χ2v) is 6.25. The lowest BCUT2D eigenvalue weighted by Gasteiger charge is -2.13. The third-order valence-corrected chi connectivity index (χ3v) is 4.16. The number of hydrogen-bond acceptors (Lipinski definition) is 2. The molecule has 148 valence electrons. The highest BCUT2D eigenvalue weighted by molar-refractivity contribution is 6.06. The molecule has 7 heteroatoms. The third kappa shape index (κ3) is 5.22. The molecule has 0 aliphatic rings. The minimum Gasteiger partial charge on any atom is -0.348 e. The summed E-state index contributed by atoms with van der Waals surface area (Å²) < 4.78 is 39.3. The molecular formula is C22H17F3N2O2. The van der Waals surface area contributed by atoms with E-state index in [1.807, 2.05) is 30.3 Å². The summed E-state index contributed by atoms with van der Waals surface area (Å²) in [5.74, 6) is -1.26. The molecule has 0 aliphatic heterocycles. The first-order chi connectivity index (χ1) is 13.8. The Morgan fingerprint density at radius 1 is 0.793 bits per heavy atom. The molecule has 0 aliphatic carbocycles. The van der Waals surface area contributed by atoms with Crippen molar-refractivity contribution < 1.29 is 22.8 Å². The van der Waals surface area contributed by atoms with Crippen LogP contribution in [0.15, 0.2) is 78.9 Å². The van der Waals surface area contributed by atoms with Crippen LogP contribution in [-0.2, 0) is 12.7 Å². The Kier molecular flexibility index (Phi) is 5.97. The summed E-state index contributed by atoms with van der Waals surface area (Å²) in [6.07, 6.45) is -4.65. The Morgan fingerprint density at radius 2 is 1.48 bits per heavy atom. The van der Waals surface area contributed by atoms with Crippen LogP contribution in [0, 0.1) is 0 Å². The molecule has 0 fully saturated rings. The van der Waals surface area contributed by atoms with Gasteiger partial charge in [-0.15, -0.1) is 0 Å². The zero-order valence-corrected chi connectivity index (χ0v) is 15.2. The fraction of sp³-hybridized carbons (Fsp3) is 0.0909. The van der Waals surface area contributed by atoms with Gasteiger partial charge < -0.3 is 10.6 Å². The van der Waals surface area contributed by atoms with E-state index >= 15 is 0 Å². The van der Waals surface area contributed by atoms with Gasteiger partial charge in [0.1, 0.15) is 0 Å². The Bertz CT molecular complexity index is 1020. The van der Waals surface area contributed by atoms with Gasteiger partial charge in [0.25, 0.3) is 11.8 Å². The molecule has 2 N–H and O–H groups in total. The number of nitrogens with one attached hydrogen (secondary N) is 2.